The highest BCUT2D eigenvalue weighted by molar-refractivity contribution is 5.78. The van der Waals surface area contributed by atoms with Gasteiger partial charge >= 0.3 is 0 Å². The van der Waals surface area contributed by atoms with Gasteiger partial charge in [0.2, 0.25) is 5.91 Å². The molecule has 0 bridgehead atoms. The van der Waals surface area contributed by atoms with Crippen LogP contribution in [-0.2, 0) is 9.53 Å². The lowest BCUT2D eigenvalue weighted by molar-refractivity contribution is -0.123. The lowest BCUT2D eigenvalue weighted by Gasteiger charge is -2.25. The molecule has 0 radical (unpaired) electrons. The Labute approximate surface area is 109 Å². The summed E-state index contributed by atoms with van der Waals surface area (Å²) >= 11 is 0. The van der Waals surface area contributed by atoms with Gasteiger partial charge in [-0.1, -0.05) is 0 Å². The van der Waals surface area contributed by atoms with Gasteiger partial charge in [-0.05, 0) is 38.6 Å². The van der Waals surface area contributed by atoms with Crippen LogP contribution in [0.3, 0.4) is 0 Å². The number of carbonyl (C=O) groups is 1. The summed E-state index contributed by atoms with van der Waals surface area (Å²) in [5.74, 6) is 0.697. The summed E-state index contributed by atoms with van der Waals surface area (Å²) in [5.41, 5.74) is 5.70. The molecular weight excluding hydrogens is 230 g/mol. The predicted molar refractivity (Wildman–Crippen MR) is 70.2 cm³/mol. The van der Waals surface area contributed by atoms with Crippen molar-refractivity contribution in [1.29, 1.82) is 0 Å². The monoisotopic (exact) mass is 255 g/mol. The summed E-state index contributed by atoms with van der Waals surface area (Å²) in [7, 11) is 0. The summed E-state index contributed by atoms with van der Waals surface area (Å²) in [6, 6.07) is 0.772. The van der Waals surface area contributed by atoms with Gasteiger partial charge in [-0.25, -0.2) is 0 Å². The van der Waals surface area contributed by atoms with Gasteiger partial charge in [0.1, 0.15) is 0 Å². The Bertz CT molecular complexity index is 279. The average molecular weight is 255 g/mol. The number of rotatable bonds is 4. The molecule has 0 aromatic carbocycles. The van der Waals surface area contributed by atoms with Crippen molar-refractivity contribution >= 4 is 5.91 Å². The van der Waals surface area contributed by atoms with Gasteiger partial charge in [-0.15, -0.1) is 0 Å². The molecule has 104 valence electrons. The molecule has 0 aromatic rings. The number of nitrogens with two attached hydrogens (primary N) is 1. The first-order chi connectivity index (χ1) is 8.69. The van der Waals surface area contributed by atoms with Crippen LogP contribution in [0.25, 0.3) is 0 Å². The number of hydrogen-bond donors (Lipinski definition) is 2. The van der Waals surface area contributed by atoms with Crippen molar-refractivity contribution in [3.8, 4) is 0 Å². The SMILES string of the molecule is CC1CC(CN)CN1CC(=O)NC1CCOCC1. The summed E-state index contributed by atoms with van der Waals surface area (Å²) in [4.78, 5) is 14.2. The standard InChI is InChI=1S/C13H25N3O2/c1-10-6-11(7-14)8-16(10)9-13(17)15-12-2-4-18-5-3-12/h10-12H,2-9,14H2,1H3,(H,15,17). The van der Waals surface area contributed by atoms with Gasteiger partial charge in [0.15, 0.2) is 0 Å². The molecule has 2 aliphatic rings. The third kappa shape index (κ3) is 3.67. The summed E-state index contributed by atoms with van der Waals surface area (Å²) in [6.07, 6.45) is 2.99. The maximum atomic E-state index is 12.0. The van der Waals surface area contributed by atoms with Crippen molar-refractivity contribution < 1.29 is 9.53 Å². The van der Waals surface area contributed by atoms with Crippen molar-refractivity contribution in [1.82, 2.24) is 10.2 Å². The largest absolute Gasteiger partial charge is 0.381 e. The molecule has 0 aliphatic carbocycles. The van der Waals surface area contributed by atoms with Crippen molar-refractivity contribution in [2.45, 2.75) is 38.3 Å². The molecule has 0 saturated carbocycles. The van der Waals surface area contributed by atoms with E-state index < -0.39 is 0 Å². The van der Waals surface area contributed by atoms with Gasteiger partial charge in [0, 0.05) is 31.8 Å². The zero-order valence-electron chi connectivity index (χ0n) is 11.2. The zero-order chi connectivity index (χ0) is 13.0. The summed E-state index contributed by atoms with van der Waals surface area (Å²) in [6.45, 7) is 5.90. The third-order valence-electron chi connectivity index (χ3n) is 4.06. The second-order valence-electron chi connectivity index (χ2n) is 5.57. The topological polar surface area (TPSA) is 67.6 Å². The molecule has 5 nitrogen and oxygen atoms in total. The zero-order valence-corrected chi connectivity index (χ0v) is 11.2. The molecule has 2 unspecified atom stereocenters. The number of amides is 1. The van der Waals surface area contributed by atoms with Crippen LogP contribution in [0, 0.1) is 5.92 Å². The molecule has 1 amide bonds. The average Bonchev–Trinajstić information content (AvgIpc) is 2.71. The Morgan fingerprint density at radius 1 is 1.44 bits per heavy atom. The molecule has 2 heterocycles. The highest BCUT2D eigenvalue weighted by Crippen LogP contribution is 2.21. The predicted octanol–water partition coefficient (Wildman–Crippen LogP) is -0.0493. The summed E-state index contributed by atoms with van der Waals surface area (Å²) in [5, 5.41) is 3.11. The second-order valence-corrected chi connectivity index (χ2v) is 5.57. The van der Waals surface area contributed by atoms with Crippen LogP contribution in [0.4, 0.5) is 0 Å². The second kappa shape index (κ2) is 6.50. The van der Waals surface area contributed by atoms with Crippen LogP contribution in [0.5, 0.6) is 0 Å². The van der Waals surface area contributed by atoms with E-state index in [4.69, 9.17) is 10.5 Å². The highest BCUT2D eigenvalue weighted by atomic mass is 16.5. The first-order valence-electron chi connectivity index (χ1n) is 7.00. The fourth-order valence-electron chi connectivity index (χ4n) is 2.91. The third-order valence-corrected chi connectivity index (χ3v) is 4.06. The molecule has 0 aromatic heterocycles. The Balaban J connectivity index is 1.73. The first kappa shape index (κ1) is 13.8. The van der Waals surface area contributed by atoms with E-state index in [0.717, 1.165) is 45.6 Å². The normalized spacial score (nSPS) is 30.6. The number of ether oxygens (including phenoxy) is 1. The van der Waals surface area contributed by atoms with Gasteiger partial charge < -0.3 is 15.8 Å². The van der Waals surface area contributed by atoms with Crippen LogP contribution in [-0.4, -0.2) is 55.7 Å². The lowest BCUT2D eigenvalue weighted by atomic mass is 10.1. The molecule has 2 rings (SSSR count). The minimum absolute atomic E-state index is 0.145. The Morgan fingerprint density at radius 2 is 2.17 bits per heavy atom. The molecule has 2 fully saturated rings. The van der Waals surface area contributed by atoms with E-state index in [2.05, 4.69) is 17.1 Å². The molecule has 0 spiro atoms. The Kier molecular flexibility index (Phi) is 4.97. The van der Waals surface area contributed by atoms with Crippen LogP contribution in [0.15, 0.2) is 0 Å². The first-order valence-corrected chi connectivity index (χ1v) is 7.00. The van der Waals surface area contributed by atoms with E-state index in [0.29, 0.717) is 24.5 Å². The minimum Gasteiger partial charge on any atom is -0.381 e. The maximum Gasteiger partial charge on any atom is 0.234 e. The maximum absolute atomic E-state index is 12.0. The van der Waals surface area contributed by atoms with E-state index in [1.165, 1.54) is 0 Å². The van der Waals surface area contributed by atoms with Crippen molar-refractivity contribution in [2.24, 2.45) is 11.7 Å². The molecule has 2 aliphatic heterocycles. The fourth-order valence-corrected chi connectivity index (χ4v) is 2.91. The molecule has 2 atom stereocenters. The number of nitrogens with zero attached hydrogens (tertiary/aromatic N) is 1. The van der Waals surface area contributed by atoms with Gasteiger partial charge in [-0.3, -0.25) is 9.69 Å². The molecule has 2 saturated heterocycles. The van der Waals surface area contributed by atoms with Crippen molar-refractivity contribution in [3.63, 3.8) is 0 Å². The van der Waals surface area contributed by atoms with Crippen LogP contribution < -0.4 is 11.1 Å². The number of likely N-dealkylation sites (tertiary alicyclic amines) is 1. The number of carbonyl (C=O) groups excluding carboxylic acids is 1. The van der Waals surface area contributed by atoms with Gasteiger partial charge in [0.05, 0.1) is 6.54 Å². The molecule has 3 N–H and O–H groups in total. The quantitative estimate of drug-likeness (QED) is 0.739. The summed E-state index contributed by atoms with van der Waals surface area (Å²) < 4.78 is 5.28. The smallest absolute Gasteiger partial charge is 0.234 e. The lowest BCUT2D eigenvalue weighted by Crippen LogP contribution is -2.45. The van der Waals surface area contributed by atoms with E-state index in [9.17, 15) is 4.79 Å². The van der Waals surface area contributed by atoms with Gasteiger partial charge in [0.25, 0.3) is 0 Å². The van der Waals surface area contributed by atoms with Crippen molar-refractivity contribution in [3.05, 3.63) is 0 Å². The van der Waals surface area contributed by atoms with Crippen LogP contribution >= 0.6 is 0 Å². The molecular formula is C13H25N3O2. The highest BCUT2D eigenvalue weighted by Gasteiger charge is 2.29. The molecule has 18 heavy (non-hydrogen) atoms. The Morgan fingerprint density at radius 3 is 2.78 bits per heavy atom. The van der Waals surface area contributed by atoms with E-state index in [1.807, 2.05) is 0 Å². The van der Waals surface area contributed by atoms with E-state index in [-0.39, 0.29) is 5.91 Å². The van der Waals surface area contributed by atoms with E-state index in [1.54, 1.807) is 0 Å². The van der Waals surface area contributed by atoms with Crippen molar-refractivity contribution in [2.75, 3.05) is 32.8 Å². The van der Waals surface area contributed by atoms with E-state index >= 15 is 0 Å². The molecule has 5 heteroatoms. The Hall–Kier alpha value is -0.650. The minimum atomic E-state index is 0.145. The number of nitrogens with one attached hydrogen (secondary N) is 1. The number of hydrogen-bond acceptors (Lipinski definition) is 4. The fraction of sp³-hybridized carbons (Fsp3) is 0.923. The van der Waals surface area contributed by atoms with Crippen LogP contribution in [0.2, 0.25) is 0 Å². The van der Waals surface area contributed by atoms with Crippen LogP contribution in [0.1, 0.15) is 26.2 Å². The van der Waals surface area contributed by atoms with Gasteiger partial charge in [-0.2, -0.15) is 0 Å².